The van der Waals surface area contributed by atoms with Crippen LogP contribution in [0.3, 0.4) is 0 Å². The van der Waals surface area contributed by atoms with Crippen molar-refractivity contribution in [3.8, 4) is 0 Å². The van der Waals surface area contributed by atoms with E-state index in [1.807, 2.05) is 6.08 Å². The van der Waals surface area contributed by atoms with E-state index in [0.29, 0.717) is 18.4 Å². The van der Waals surface area contributed by atoms with Crippen molar-refractivity contribution in [1.29, 1.82) is 0 Å². The maximum atomic E-state index is 12.3. The Morgan fingerprint density at radius 2 is 2.00 bits per heavy atom. The van der Waals surface area contributed by atoms with E-state index in [2.05, 4.69) is 26.8 Å². The minimum absolute atomic E-state index is 0.0142. The molecular formula is C20H26O4. The molecule has 0 aromatic carbocycles. The van der Waals surface area contributed by atoms with Crippen molar-refractivity contribution in [2.75, 3.05) is 6.61 Å². The first-order valence-corrected chi connectivity index (χ1v) is 9.15. The molecule has 1 saturated carbocycles. The molecule has 4 rings (SSSR count). The van der Waals surface area contributed by atoms with Crippen LogP contribution in [0.5, 0.6) is 0 Å². The number of esters is 2. The number of hydrogen-bond donors (Lipinski definition) is 0. The lowest BCUT2D eigenvalue weighted by molar-refractivity contribution is -0.148. The standard InChI is InChI=1S/C20H26O4/c1-12-11-16-20(3)14(18(22)24-16)5-4-6-15(20)19(12,2)9-7-13-8-10-23-17(13)21/h5,8,12,15-16H,4,6-7,9-11H2,1-3H3/t12-,15-,16-,19+,20+/m1/s1. The summed E-state index contributed by atoms with van der Waals surface area (Å²) < 4.78 is 10.8. The van der Waals surface area contributed by atoms with Crippen LogP contribution in [-0.2, 0) is 19.1 Å². The minimum atomic E-state index is -0.166. The summed E-state index contributed by atoms with van der Waals surface area (Å²) in [6.45, 7) is 7.28. The van der Waals surface area contributed by atoms with Gasteiger partial charge in [0, 0.05) is 16.6 Å². The molecule has 0 unspecified atom stereocenters. The Hall–Kier alpha value is -1.58. The summed E-state index contributed by atoms with van der Waals surface area (Å²) in [4.78, 5) is 24.1. The second-order valence-corrected chi connectivity index (χ2v) is 8.39. The largest absolute Gasteiger partial charge is 0.458 e. The zero-order valence-corrected chi connectivity index (χ0v) is 14.8. The Balaban J connectivity index is 1.64. The number of carbonyl (C=O) groups is 2. The number of rotatable bonds is 3. The van der Waals surface area contributed by atoms with Gasteiger partial charge in [-0.15, -0.1) is 0 Å². The number of hydrogen-bond acceptors (Lipinski definition) is 4. The average Bonchev–Trinajstić information content (AvgIpc) is 3.05. The van der Waals surface area contributed by atoms with E-state index in [1.165, 1.54) is 0 Å². The van der Waals surface area contributed by atoms with Crippen LogP contribution in [0, 0.1) is 22.7 Å². The van der Waals surface area contributed by atoms with Crippen LogP contribution >= 0.6 is 0 Å². The third-order valence-corrected chi connectivity index (χ3v) is 7.47. The third kappa shape index (κ3) is 1.98. The van der Waals surface area contributed by atoms with Crippen LogP contribution in [0.15, 0.2) is 23.3 Å². The van der Waals surface area contributed by atoms with Crippen LogP contribution in [-0.4, -0.2) is 24.6 Å². The Kier molecular flexibility index (Phi) is 3.45. The van der Waals surface area contributed by atoms with Gasteiger partial charge >= 0.3 is 11.9 Å². The van der Waals surface area contributed by atoms with Gasteiger partial charge in [0.25, 0.3) is 0 Å². The SMILES string of the molecule is C[C@@H]1C[C@H]2OC(=O)C3=CCC[C@H]([C@@]1(C)CCC1=CCOC1=O)[C@]32C. The van der Waals surface area contributed by atoms with E-state index in [9.17, 15) is 9.59 Å². The number of ether oxygens (including phenoxy) is 2. The fraction of sp³-hybridized carbons (Fsp3) is 0.700. The molecule has 0 amide bonds. The van der Waals surface area contributed by atoms with Gasteiger partial charge in [0.1, 0.15) is 12.7 Å². The topological polar surface area (TPSA) is 52.6 Å². The van der Waals surface area contributed by atoms with Gasteiger partial charge in [0.15, 0.2) is 0 Å². The van der Waals surface area contributed by atoms with Gasteiger partial charge < -0.3 is 9.47 Å². The molecule has 130 valence electrons. The molecular weight excluding hydrogens is 304 g/mol. The van der Waals surface area contributed by atoms with Gasteiger partial charge in [-0.05, 0) is 55.4 Å². The smallest absolute Gasteiger partial charge is 0.334 e. The van der Waals surface area contributed by atoms with Crippen molar-refractivity contribution in [3.63, 3.8) is 0 Å². The van der Waals surface area contributed by atoms with Crippen molar-refractivity contribution in [1.82, 2.24) is 0 Å². The number of cyclic esters (lactones) is 1. The molecule has 4 aliphatic rings. The van der Waals surface area contributed by atoms with E-state index in [0.717, 1.165) is 43.3 Å². The van der Waals surface area contributed by atoms with Gasteiger partial charge in [0.2, 0.25) is 0 Å². The number of carbonyl (C=O) groups excluding carboxylic acids is 2. The van der Waals surface area contributed by atoms with Crippen LogP contribution < -0.4 is 0 Å². The molecule has 5 atom stereocenters. The highest BCUT2D eigenvalue weighted by molar-refractivity contribution is 5.93. The van der Waals surface area contributed by atoms with Crippen LogP contribution in [0.1, 0.15) is 52.9 Å². The molecule has 4 nitrogen and oxygen atoms in total. The monoisotopic (exact) mass is 330 g/mol. The first kappa shape index (κ1) is 15.9. The molecule has 1 saturated heterocycles. The fourth-order valence-electron chi connectivity index (χ4n) is 5.78. The maximum Gasteiger partial charge on any atom is 0.334 e. The molecule has 0 bridgehead atoms. The Morgan fingerprint density at radius 3 is 2.71 bits per heavy atom. The van der Waals surface area contributed by atoms with Crippen LogP contribution in [0.4, 0.5) is 0 Å². The van der Waals surface area contributed by atoms with Gasteiger partial charge in [-0.3, -0.25) is 0 Å². The highest BCUT2D eigenvalue weighted by atomic mass is 16.6. The van der Waals surface area contributed by atoms with E-state index in [4.69, 9.17) is 9.47 Å². The van der Waals surface area contributed by atoms with Crippen molar-refractivity contribution in [2.24, 2.45) is 22.7 Å². The quantitative estimate of drug-likeness (QED) is 0.743. The Bertz CT molecular complexity index is 661. The molecule has 0 N–H and O–H groups in total. The molecule has 0 aromatic heterocycles. The van der Waals surface area contributed by atoms with Gasteiger partial charge in [0.05, 0.1) is 0 Å². The molecule has 2 aliphatic carbocycles. The van der Waals surface area contributed by atoms with Gasteiger partial charge in [-0.25, -0.2) is 9.59 Å². The van der Waals surface area contributed by atoms with Crippen molar-refractivity contribution in [3.05, 3.63) is 23.3 Å². The maximum absolute atomic E-state index is 12.3. The zero-order valence-electron chi connectivity index (χ0n) is 14.8. The summed E-state index contributed by atoms with van der Waals surface area (Å²) >= 11 is 0. The second kappa shape index (κ2) is 5.21. The summed E-state index contributed by atoms with van der Waals surface area (Å²) in [6, 6.07) is 0. The van der Waals surface area contributed by atoms with E-state index in [-0.39, 0.29) is 28.9 Å². The minimum Gasteiger partial charge on any atom is -0.458 e. The lowest BCUT2D eigenvalue weighted by Crippen LogP contribution is -2.54. The summed E-state index contributed by atoms with van der Waals surface area (Å²) in [6.07, 6.45) is 8.72. The van der Waals surface area contributed by atoms with Crippen LogP contribution in [0.25, 0.3) is 0 Å². The summed E-state index contributed by atoms with van der Waals surface area (Å²) in [5.41, 5.74) is 1.66. The van der Waals surface area contributed by atoms with E-state index >= 15 is 0 Å². The fourth-order valence-corrected chi connectivity index (χ4v) is 5.78. The predicted molar refractivity (Wildman–Crippen MR) is 89.0 cm³/mol. The first-order valence-electron chi connectivity index (χ1n) is 9.15. The first-order chi connectivity index (χ1) is 11.4. The molecule has 0 radical (unpaired) electrons. The van der Waals surface area contributed by atoms with Gasteiger partial charge in [-0.2, -0.15) is 0 Å². The predicted octanol–water partition coefficient (Wildman–Crippen LogP) is 3.56. The number of allylic oxidation sites excluding steroid dienone is 1. The van der Waals surface area contributed by atoms with Gasteiger partial charge in [-0.1, -0.05) is 26.8 Å². The molecule has 2 fully saturated rings. The van der Waals surface area contributed by atoms with Crippen molar-refractivity contribution >= 4 is 11.9 Å². The summed E-state index contributed by atoms with van der Waals surface area (Å²) in [5, 5.41) is 0. The second-order valence-electron chi connectivity index (χ2n) is 8.39. The average molecular weight is 330 g/mol. The lowest BCUT2D eigenvalue weighted by atomic mass is 9.46. The van der Waals surface area contributed by atoms with Crippen LogP contribution in [0.2, 0.25) is 0 Å². The molecule has 2 heterocycles. The molecule has 0 spiro atoms. The molecule has 4 heteroatoms. The highest BCUT2D eigenvalue weighted by Gasteiger charge is 2.64. The third-order valence-electron chi connectivity index (χ3n) is 7.47. The van der Waals surface area contributed by atoms with Crippen molar-refractivity contribution < 1.29 is 19.1 Å². The Labute approximate surface area is 143 Å². The summed E-state index contributed by atoms with van der Waals surface area (Å²) in [5.74, 6) is 0.618. The normalized spacial score (nSPS) is 43.7. The van der Waals surface area contributed by atoms with E-state index in [1.54, 1.807) is 0 Å². The Morgan fingerprint density at radius 1 is 1.21 bits per heavy atom. The van der Waals surface area contributed by atoms with E-state index < -0.39 is 0 Å². The molecule has 2 aliphatic heterocycles. The van der Waals surface area contributed by atoms with Crippen molar-refractivity contribution in [2.45, 2.75) is 59.0 Å². The zero-order chi connectivity index (χ0) is 17.1. The highest BCUT2D eigenvalue weighted by Crippen LogP contribution is 2.65. The summed E-state index contributed by atoms with van der Waals surface area (Å²) in [7, 11) is 0. The lowest BCUT2D eigenvalue weighted by Gasteiger charge is -2.57. The molecule has 24 heavy (non-hydrogen) atoms. The molecule has 0 aromatic rings.